The van der Waals surface area contributed by atoms with Crippen molar-refractivity contribution in [2.45, 2.75) is 57.7 Å². The summed E-state index contributed by atoms with van der Waals surface area (Å²) in [6.07, 6.45) is 5.07. The molecule has 1 fully saturated rings. The molecule has 1 aliphatic carbocycles. The molecule has 1 heterocycles. The van der Waals surface area contributed by atoms with Gasteiger partial charge in [-0.2, -0.15) is 0 Å². The SMILES string of the molecule is CC(C)Nc1cccn([C@H]2CCC[C@@H](O)C2)c1=O. The number of aromatic nitrogens is 1. The normalized spacial score (nSPS) is 24.2. The van der Waals surface area contributed by atoms with Crippen molar-refractivity contribution in [2.24, 2.45) is 0 Å². The number of aliphatic hydroxyl groups excluding tert-OH is 1. The molecule has 1 aromatic heterocycles. The zero-order chi connectivity index (χ0) is 13.1. The molecule has 4 nitrogen and oxygen atoms in total. The summed E-state index contributed by atoms with van der Waals surface area (Å²) in [4.78, 5) is 12.3. The lowest BCUT2D eigenvalue weighted by atomic mass is 9.93. The fourth-order valence-corrected chi connectivity index (χ4v) is 2.61. The van der Waals surface area contributed by atoms with E-state index in [1.165, 1.54) is 0 Å². The number of nitrogens with one attached hydrogen (secondary N) is 1. The predicted molar refractivity (Wildman–Crippen MR) is 73.0 cm³/mol. The van der Waals surface area contributed by atoms with E-state index in [1.54, 1.807) is 4.57 Å². The summed E-state index contributed by atoms with van der Waals surface area (Å²) in [5.74, 6) is 0. The number of anilines is 1. The average molecular weight is 250 g/mol. The van der Waals surface area contributed by atoms with Crippen LogP contribution in [-0.4, -0.2) is 21.8 Å². The van der Waals surface area contributed by atoms with Crippen molar-refractivity contribution >= 4 is 5.69 Å². The zero-order valence-electron chi connectivity index (χ0n) is 11.1. The van der Waals surface area contributed by atoms with E-state index in [0.717, 1.165) is 19.3 Å². The fourth-order valence-electron chi connectivity index (χ4n) is 2.61. The summed E-state index contributed by atoms with van der Waals surface area (Å²) in [5.41, 5.74) is 0.665. The van der Waals surface area contributed by atoms with Gasteiger partial charge in [0.1, 0.15) is 5.69 Å². The predicted octanol–water partition coefficient (Wildman–Crippen LogP) is 2.14. The largest absolute Gasteiger partial charge is 0.393 e. The maximum Gasteiger partial charge on any atom is 0.274 e. The zero-order valence-corrected chi connectivity index (χ0v) is 11.1. The van der Waals surface area contributed by atoms with Crippen molar-refractivity contribution in [1.29, 1.82) is 0 Å². The van der Waals surface area contributed by atoms with Crippen LogP contribution in [0.5, 0.6) is 0 Å². The monoisotopic (exact) mass is 250 g/mol. The van der Waals surface area contributed by atoms with Crippen molar-refractivity contribution < 1.29 is 5.11 Å². The first-order chi connectivity index (χ1) is 8.58. The molecule has 18 heavy (non-hydrogen) atoms. The van der Waals surface area contributed by atoms with Crippen LogP contribution >= 0.6 is 0 Å². The van der Waals surface area contributed by atoms with Crippen LogP contribution in [0.4, 0.5) is 5.69 Å². The van der Waals surface area contributed by atoms with Crippen molar-refractivity contribution in [3.63, 3.8) is 0 Å². The van der Waals surface area contributed by atoms with Gasteiger partial charge in [-0.05, 0) is 51.7 Å². The molecule has 100 valence electrons. The summed E-state index contributed by atoms with van der Waals surface area (Å²) in [6.45, 7) is 4.03. The number of pyridine rings is 1. The van der Waals surface area contributed by atoms with Crippen LogP contribution in [0.2, 0.25) is 0 Å². The van der Waals surface area contributed by atoms with Gasteiger partial charge < -0.3 is 15.0 Å². The Hall–Kier alpha value is -1.29. The molecule has 0 spiro atoms. The smallest absolute Gasteiger partial charge is 0.274 e. The Bertz CT molecular complexity index is 453. The molecule has 0 bridgehead atoms. The van der Waals surface area contributed by atoms with Crippen LogP contribution in [0.25, 0.3) is 0 Å². The van der Waals surface area contributed by atoms with E-state index in [4.69, 9.17) is 0 Å². The summed E-state index contributed by atoms with van der Waals surface area (Å²) in [5, 5.41) is 12.9. The summed E-state index contributed by atoms with van der Waals surface area (Å²) in [7, 11) is 0. The number of hydrogen-bond acceptors (Lipinski definition) is 3. The molecule has 1 saturated carbocycles. The summed E-state index contributed by atoms with van der Waals surface area (Å²) < 4.78 is 1.77. The topological polar surface area (TPSA) is 54.3 Å². The van der Waals surface area contributed by atoms with E-state index in [1.807, 2.05) is 32.2 Å². The maximum atomic E-state index is 12.3. The lowest BCUT2D eigenvalue weighted by molar-refractivity contribution is 0.103. The molecule has 0 aliphatic heterocycles. The minimum absolute atomic E-state index is 0.0188. The van der Waals surface area contributed by atoms with Gasteiger partial charge in [-0.15, -0.1) is 0 Å². The second kappa shape index (κ2) is 5.57. The van der Waals surface area contributed by atoms with E-state index in [9.17, 15) is 9.90 Å². The number of hydrogen-bond donors (Lipinski definition) is 2. The second-order valence-corrected chi connectivity index (χ2v) is 5.41. The molecule has 0 aromatic carbocycles. The van der Waals surface area contributed by atoms with Gasteiger partial charge in [0.2, 0.25) is 0 Å². The summed E-state index contributed by atoms with van der Waals surface area (Å²) >= 11 is 0. The van der Waals surface area contributed by atoms with Crippen molar-refractivity contribution in [1.82, 2.24) is 4.57 Å². The van der Waals surface area contributed by atoms with Crippen LogP contribution in [0.3, 0.4) is 0 Å². The molecule has 0 radical (unpaired) electrons. The molecular formula is C14H22N2O2. The highest BCUT2D eigenvalue weighted by Gasteiger charge is 2.22. The van der Waals surface area contributed by atoms with Gasteiger partial charge in [0.15, 0.2) is 0 Å². The molecule has 1 aliphatic rings. The number of aliphatic hydroxyl groups is 1. The van der Waals surface area contributed by atoms with E-state index in [2.05, 4.69) is 5.32 Å². The Morgan fingerprint density at radius 1 is 1.44 bits per heavy atom. The molecule has 2 rings (SSSR count). The minimum Gasteiger partial charge on any atom is -0.393 e. The third kappa shape index (κ3) is 2.93. The Balaban J connectivity index is 2.25. The van der Waals surface area contributed by atoms with Gasteiger partial charge in [0, 0.05) is 18.3 Å². The molecule has 0 amide bonds. The Kier molecular flexibility index (Phi) is 4.07. The van der Waals surface area contributed by atoms with Crippen LogP contribution in [-0.2, 0) is 0 Å². The third-order valence-corrected chi connectivity index (χ3v) is 3.43. The van der Waals surface area contributed by atoms with Gasteiger partial charge in [-0.3, -0.25) is 4.79 Å². The third-order valence-electron chi connectivity index (χ3n) is 3.43. The number of rotatable bonds is 3. The van der Waals surface area contributed by atoms with Crippen LogP contribution in [0.15, 0.2) is 23.1 Å². The highest BCUT2D eigenvalue weighted by molar-refractivity contribution is 5.41. The molecule has 2 atom stereocenters. The van der Waals surface area contributed by atoms with E-state index in [0.29, 0.717) is 12.1 Å². The average Bonchev–Trinajstić information content (AvgIpc) is 2.31. The first kappa shape index (κ1) is 13.1. The lowest BCUT2D eigenvalue weighted by Gasteiger charge is -2.28. The Labute approximate surface area is 108 Å². The summed E-state index contributed by atoms with van der Waals surface area (Å²) in [6, 6.07) is 4.09. The lowest BCUT2D eigenvalue weighted by Crippen LogP contribution is -2.32. The minimum atomic E-state index is -0.266. The molecule has 1 aromatic rings. The van der Waals surface area contributed by atoms with Crippen LogP contribution in [0.1, 0.15) is 45.6 Å². The standard InChI is InChI=1S/C14H22N2O2/c1-10(2)15-13-7-4-8-16(14(13)18)11-5-3-6-12(17)9-11/h4,7-8,10-12,15,17H,3,5-6,9H2,1-2H3/t11-,12+/m0/s1. The van der Waals surface area contributed by atoms with E-state index in [-0.39, 0.29) is 23.7 Å². The van der Waals surface area contributed by atoms with Crippen LogP contribution in [0, 0.1) is 0 Å². The molecular weight excluding hydrogens is 228 g/mol. The highest BCUT2D eigenvalue weighted by atomic mass is 16.3. The second-order valence-electron chi connectivity index (χ2n) is 5.41. The van der Waals surface area contributed by atoms with Gasteiger partial charge in [-0.1, -0.05) is 0 Å². The van der Waals surface area contributed by atoms with Crippen molar-refractivity contribution in [3.05, 3.63) is 28.7 Å². The molecule has 2 N–H and O–H groups in total. The van der Waals surface area contributed by atoms with Gasteiger partial charge in [0.05, 0.1) is 6.10 Å². The van der Waals surface area contributed by atoms with E-state index < -0.39 is 0 Å². The quantitative estimate of drug-likeness (QED) is 0.864. The molecule has 4 heteroatoms. The first-order valence-electron chi connectivity index (χ1n) is 6.73. The Morgan fingerprint density at radius 2 is 2.22 bits per heavy atom. The van der Waals surface area contributed by atoms with Gasteiger partial charge in [0.25, 0.3) is 5.56 Å². The van der Waals surface area contributed by atoms with Crippen LogP contribution < -0.4 is 10.9 Å². The van der Waals surface area contributed by atoms with E-state index >= 15 is 0 Å². The fraction of sp³-hybridized carbons (Fsp3) is 0.643. The first-order valence-corrected chi connectivity index (χ1v) is 6.73. The number of nitrogens with zero attached hydrogens (tertiary/aromatic N) is 1. The molecule has 0 unspecified atom stereocenters. The van der Waals surface area contributed by atoms with Gasteiger partial charge >= 0.3 is 0 Å². The Morgan fingerprint density at radius 3 is 2.89 bits per heavy atom. The molecule has 0 saturated heterocycles. The van der Waals surface area contributed by atoms with Crippen molar-refractivity contribution in [3.8, 4) is 0 Å². The van der Waals surface area contributed by atoms with Crippen molar-refractivity contribution in [2.75, 3.05) is 5.32 Å². The maximum absolute atomic E-state index is 12.3. The highest BCUT2D eigenvalue weighted by Crippen LogP contribution is 2.27. The van der Waals surface area contributed by atoms with Gasteiger partial charge in [-0.25, -0.2) is 0 Å².